The molecule has 0 aromatic carbocycles. The van der Waals surface area contributed by atoms with E-state index in [9.17, 15) is 0 Å². The third kappa shape index (κ3) is 2.51. The summed E-state index contributed by atoms with van der Waals surface area (Å²) in [5.74, 6) is 0.409. The van der Waals surface area contributed by atoms with Gasteiger partial charge in [-0.2, -0.15) is 0 Å². The van der Waals surface area contributed by atoms with Gasteiger partial charge in [-0.1, -0.05) is 13.8 Å². The van der Waals surface area contributed by atoms with E-state index in [0.29, 0.717) is 18.1 Å². The third-order valence-corrected chi connectivity index (χ3v) is 5.34. The van der Waals surface area contributed by atoms with E-state index in [1.54, 1.807) is 0 Å². The van der Waals surface area contributed by atoms with Crippen LogP contribution < -0.4 is 5.73 Å². The van der Waals surface area contributed by atoms with E-state index in [0.717, 1.165) is 38.4 Å². The van der Waals surface area contributed by atoms with Crippen LogP contribution in [0.3, 0.4) is 0 Å². The molecule has 1 aliphatic heterocycles. The van der Waals surface area contributed by atoms with Gasteiger partial charge in [0, 0.05) is 36.8 Å². The molecule has 5 heteroatoms. The van der Waals surface area contributed by atoms with Crippen molar-refractivity contribution in [3.63, 3.8) is 0 Å². The highest BCUT2D eigenvalue weighted by molar-refractivity contribution is 5.13. The molecular weight excluding hydrogens is 266 g/mol. The lowest BCUT2D eigenvalue weighted by molar-refractivity contribution is -0.128. The van der Waals surface area contributed by atoms with E-state index >= 15 is 0 Å². The van der Waals surface area contributed by atoms with Crippen molar-refractivity contribution in [2.75, 3.05) is 19.8 Å². The highest BCUT2D eigenvalue weighted by atomic mass is 16.5. The van der Waals surface area contributed by atoms with E-state index in [4.69, 9.17) is 15.2 Å². The number of aromatic nitrogens is 2. The Hall–Kier alpha value is -0.910. The molecule has 1 saturated carbocycles. The fourth-order valence-electron chi connectivity index (χ4n) is 3.73. The maximum atomic E-state index is 6.47. The van der Waals surface area contributed by atoms with Crippen LogP contribution in [0.15, 0.2) is 12.5 Å². The largest absolute Gasteiger partial charge is 0.381 e. The number of ether oxygens (including phenoxy) is 2. The van der Waals surface area contributed by atoms with Gasteiger partial charge in [-0.05, 0) is 19.8 Å². The van der Waals surface area contributed by atoms with E-state index in [1.807, 2.05) is 12.5 Å². The molecule has 1 saturated heterocycles. The molecule has 2 N–H and O–H groups in total. The van der Waals surface area contributed by atoms with Crippen molar-refractivity contribution in [3.05, 3.63) is 18.2 Å². The monoisotopic (exact) mass is 293 g/mol. The van der Waals surface area contributed by atoms with Crippen LogP contribution >= 0.6 is 0 Å². The molecule has 0 bridgehead atoms. The van der Waals surface area contributed by atoms with Gasteiger partial charge in [0.2, 0.25) is 0 Å². The first-order valence-electron chi connectivity index (χ1n) is 8.02. The van der Waals surface area contributed by atoms with Crippen LogP contribution in [-0.4, -0.2) is 35.5 Å². The summed E-state index contributed by atoms with van der Waals surface area (Å²) in [6.07, 6.45) is 6.26. The normalized spacial score (nSPS) is 32.9. The molecule has 0 amide bonds. The third-order valence-electron chi connectivity index (χ3n) is 5.34. The molecule has 1 aliphatic carbocycles. The zero-order valence-corrected chi connectivity index (χ0v) is 13.3. The molecule has 118 valence electrons. The Labute approximate surface area is 126 Å². The molecule has 2 fully saturated rings. The molecule has 1 aromatic rings. The van der Waals surface area contributed by atoms with E-state index in [2.05, 4.69) is 30.3 Å². The lowest BCUT2D eigenvalue weighted by atomic mass is 9.64. The van der Waals surface area contributed by atoms with Crippen LogP contribution in [0.1, 0.15) is 51.4 Å². The summed E-state index contributed by atoms with van der Waals surface area (Å²) >= 11 is 0. The molecule has 0 radical (unpaired) electrons. The van der Waals surface area contributed by atoms with Gasteiger partial charge in [-0.15, -0.1) is 0 Å². The summed E-state index contributed by atoms with van der Waals surface area (Å²) in [6, 6.07) is 0.428. The summed E-state index contributed by atoms with van der Waals surface area (Å²) in [5, 5.41) is 0. The summed E-state index contributed by atoms with van der Waals surface area (Å²) in [4.78, 5) is 4.36. The Kier molecular flexibility index (Phi) is 4.08. The van der Waals surface area contributed by atoms with Gasteiger partial charge in [0.25, 0.3) is 0 Å². The second-order valence-electron chi connectivity index (χ2n) is 6.89. The second-order valence-corrected chi connectivity index (χ2v) is 6.89. The molecule has 21 heavy (non-hydrogen) atoms. The molecule has 3 rings (SSSR count). The van der Waals surface area contributed by atoms with Gasteiger partial charge in [-0.3, -0.25) is 0 Å². The first kappa shape index (κ1) is 15.0. The summed E-state index contributed by atoms with van der Waals surface area (Å²) in [6.45, 7) is 8.97. The average Bonchev–Trinajstić information content (AvgIpc) is 3.13. The Balaban J connectivity index is 1.77. The van der Waals surface area contributed by atoms with Crippen LogP contribution in [0.25, 0.3) is 0 Å². The zero-order chi connectivity index (χ0) is 15.0. The molecule has 2 aliphatic rings. The quantitative estimate of drug-likeness (QED) is 0.905. The lowest BCUT2D eigenvalue weighted by Gasteiger charge is -2.52. The fourth-order valence-corrected chi connectivity index (χ4v) is 3.73. The molecule has 1 aromatic heterocycles. The topological polar surface area (TPSA) is 62.3 Å². The lowest BCUT2D eigenvalue weighted by Crippen LogP contribution is -2.52. The standard InChI is InChI=1S/C16H27N3O2/c1-4-21-14-7-13(16(14,2)3)19-10-18-8-12(19)15(17)11-5-6-20-9-11/h8,10-11,13-15H,4-7,9,17H2,1-3H3. The van der Waals surface area contributed by atoms with Crippen LogP contribution in [0, 0.1) is 11.3 Å². The number of rotatable bonds is 5. The van der Waals surface area contributed by atoms with Crippen LogP contribution in [0.2, 0.25) is 0 Å². The van der Waals surface area contributed by atoms with Crippen molar-refractivity contribution in [1.82, 2.24) is 9.55 Å². The maximum Gasteiger partial charge on any atom is 0.0951 e. The van der Waals surface area contributed by atoms with Crippen molar-refractivity contribution in [3.8, 4) is 0 Å². The highest BCUT2D eigenvalue weighted by Gasteiger charge is 2.50. The predicted octanol–water partition coefficient (Wildman–Crippen LogP) is 2.30. The second kappa shape index (κ2) is 5.71. The molecule has 4 atom stereocenters. The molecule has 4 unspecified atom stereocenters. The minimum atomic E-state index is 0.0111. The Morgan fingerprint density at radius 1 is 1.57 bits per heavy atom. The Morgan fingerprint density at radius 2 is 2.38 bits per heavy atom. The van der Waals surface area contributed by atoms with Crippen LogP contribution in [0.5, 0.6) is 0 Å². The summed E-state index contributed by atoms with van der Waals surface area (Å²) in [7, 11) is 0. The van der Waals surface area contributed by atoms with E-state index < -0.39 is 0 Å². The number of hydrogen-bond acceptors (Lipinski definition) is 4. The minimum Gasteiger partial charge on any atom is -0.381 e. The summed E-state index contributed by atoms with van der Waals surface area (Å²) < 4.78 is 13.6. The van der Waals surface area contributed by atoms with Gasteiger partial charge in [0.1, 0.15) is 0 Å². The van der Waals surface area contributed by atoms with Gasteiger partial charge in [0.05, 0.1) is 30.8 Å². The van der Waals surface area contributed by atoms with Gasteiger partial charge < -0.3 is 19.8 Å². The van der Waals surface area contributed by atoms with Gasteiger partial charge >= 0.3 is 0 Å². The fraction of sp³-hybridized carbons (Fsp3) is 0.812. The average molecular weight is 293 g/mol. The highest BCUT2D eigenvalue weighted by Crippen LogP contribution is 2.52. The van der Waals surface area contributed by atoms with Crippen molar-refractivity contribution in [2.24, 2.45) is 17.1 Å². The van der Waals surface area contributed by atoms with E-state index in [1.165, 1.54) is 0 Å². The predicted molar refractivity (Wildman–Crippen MR) is 80.9 cm³/mol. The Bertz CT molecular complexity index is 480. The molecule has 2 heterocycles. The number of hydrogen-bond donors (Lipinski definition) is 1. The zero-order valence-electron chi connectivity index (χ0n) is 13.3. The first-order valence-corrected chi connectivity index (χ1v) is 8.02. The molecular formula is C16H27N3O2. The van der Waals surface area contributed by atoms with E-state index in [-0.39, 0.29) is 11.5 Å². The SMILES string of the molecule is CCOC1CC(n2cncc2C(N)C2CCOC2)C1(C)C. The van der Waals surface area contributed by atoms with Gasteiger partial charge in [0.15, 0.2) is 0 Å². The van der Waals surface area contributed by atoms with Crippen molar-refractivity contribution >= 4 is 0 Å². The molecule has 0 spiro atoms. The number of nitrogens with zero attached hydrogens (tertiary/aromatic N) is 2. The van der Waals surface area contributed by atoms with Crippen LogP contribution in [-0.2, 0) is 9.47 Å². The van der Waals surface area contributed by atoms with Gasteiger partial charge in [-0.25, -0.2) is 4.98 Å². The molecule has 5 nitrogen and oxygen atoms in total. The maximum absolute atomic E-state index is 6.47. The van der Waals surface area contributed by atoms with Crippen LogP contribution in [0.4, 0.5) is 0 Å². The smallest absolute Gasteiger partial charge is 0.0951 e. The summed E-state index contributed by atoms with van der Waals surface area (Å²) in [5.41, 5.74) is 7.73. The van der Waals surface area contributed by atoms with Crippen molar-refractivity contribution in [2.45, 2.75) is 51.8 Å². The first-order chi connectivity index (χ1) is 10.1. The van der Waals surface area contributed by atoms with Crippen molar-refractivity contribution in [1.29, 1.82) is 0 Å². The number of nitrogens with two attached hydrogens (primary N) is 1. The minimum absolute atomic E-state index is 0.0111. The van der Waals surface area contributed by atoms with Crippen molar-refractivity contribution < 1.29 is 9.47 Å². The number of imidazole rings is 1. The Morgan fingerprint density at radius 3 is 3.00 bits per heavy atom.